The highest BCUT2D eigenvalue weighted by Gasteiger charge is 2.15. The molecular weight excluding hydrogens is 232 g/mol. The van der Waals surface area contributed by atoms with Gasteiger partial charge in [0.1, 0.15) is 5.58 Å². The first kappa shape index (κ1) is 10.6. The predicted octanol–water partition coefficient (Wildman–Crippen LogP) is 1.38. The van der Waals surface area contributed by atoms with Gasteiger partial charge in [0.05, 0.1) is 13.5 Å². The number of aryl methyl sites for hydroxylation is 1. The van der Waals surface area contributed by atoms with Crippen molar-refractivity contribution in [3.05, 3.63) is 41.9 Å². The van der Waals surface area contributed by atoms with Gasteiger partial charge in [-0.2, -0.15) is 4.80 Å². The van der Waals surface area contributed by atoms with Crippen molar-refractivity contribution in [1.82, 2.24) is 20.2 Å². The van der Waals surface area contributed by atoms with Crippen molar-refractivity contribution in [2.24, 2.45) is 7.05 Å². The number of tetrazole rings is 1. The number of Topliss-reactive ketones (excluding diaryl/α,β-unsaturated/α-hetero) is 1. The van der Waals surface area contributed by atoms with Gasteiger partial charge in [0.25, 0.3) is 0 Å². The highest BCUT2D eigenvalue weighted by molar-refractivity contribution is 5.98. The first-order chi connectivity index (χ1) is 8.72. The van der Waals surface area contributed by atoms with Gasteiger partial charge in [-0.3, -0.25) is 4.79 Å². The molecule has 0 amide bonds. The van der Waals surface area contributed by atoms with Crippen LogP contribution in [-0.4, -0.2) is 26.0 Å². The molecule has 3 aromatic rings. The highest BCUT2D eigenvalue weighted by atomic mass is 16.3. The molecule has 0 radical (unpaired) electrons. The topological polar surface area (TPSA) is 73.8 Å². The largest absolute Gasteiger partial charge is 0.453 e. The average Bonchev–Trinajstić information content (AvgIpc) is 2.95. The molecule has 6 heteroatoms. The van der Waals surface area contributed by atoms with E-state index in [-0.39, 0.29) is 12.2 Å². The maximum absolute atomic E-state index is 12.0. The molecule has 0 saturated carbocycles. The second-order valence-corrected chi connectivity index (χ2v) is 3.94. The lowest BCUT2D eigenvalue weighted by atomic mass is 10.2. The van der Waals surface area contributed by atoms with Crippen LogP contribution in [0.15, 0.2) is 34.7 Å². The van der Waals surface area contributed by atoms with Crippen molar-refractivity contribution in [1.29, 1.82) is 0 Å². The Morgan fingerprint density at radius 3 is 2.94 bits per heavy atom. The van der Waals surface area contributed by atoms with Crippen molar-refractivity contribution < 1.29 is 9.21 Å². The Labute approximate surface area is 102 Å². The number of nitrogens with zero attached hydrogens (tertiary/aromatic N) is 4. The number of ketones is 1. The summed E-state index contributed by atoms with van der Waals surface area (Å²) in [7, 11) is 1.65. The summed E-state index contributed by atoms with van der Waals surface area (Å²) < 4.78 is 5.48. The zero-order valence-electron chi connectivity index (χ0n) is 9.70. The number of carbonyl (C=O) groups is 1. The van der Waals surface area contributed by atoms with Crippen LogP contribution in [-0.2, 0) is 13.5 Å². The quantitative estimate of drug-likeness (QED) is 0.649. The lowest BCUT2D eigenvalue weighted by molar-refractivity contribution is 0.0966. The number of furan rings is 1. The number of benzene rings is 1. The minimum Gasteiger partial charge on any atom is -0.453 e. The third kappa shape index (κ3) is 1.88. The maximum Gasteiger partial charge on any atom is 0.205 e. The van der Waals surface area contributed by atoms with Crippen LogP contribution in [0.1, 0.15) is 16.4 Å². The van der Waals surface area contributed by atoms with E-state index in [1.54, 1.807) is 13.1 Å². The number of carbonyl (C=O) groups excluding carboxylic acids is 1. The normalized spacial score (nSPS) is 10.9. The second-order valence-electron chi connectivity index (χ2n) is 3.94. The van der Waals surface area contributed by atoms with Crippen LogP contribution in [0.2, 0.25) is 0 Å². The maximum atomic E-state index is 12.0. The molecule has 0 bridgehead atoms. The summed E-state index contributed by atoms with van der Waals surface area (Å²) in [5, 5.41) is 12.3. The van der Waals surface area contributed by atoms with E-state index in [0.717, 1.165) is 5.39 Å². The zero-order valence-corrected chi connectivity index (χ0v) is 9.70. The van der Waals surface area contributed by atoms with Crippen LogP contribution in [0.3, 0.4) is 0 Å². The molecule has 3 rings (SSSR count). The van der Waals surface area contributed by atoms with E-state index in [1.165, 1.54) is 4.80 Å². The minimum absolute atomic E-state index is 0.0909. The Hall–Kier alpha value is -2.50. The molecule has 0 spiro atoms. The molecule has 0 fully saturated rings. The van der Waals surface area contributed by atoms with Crippen LogP contribution in [0.4, 0.5) is 0 Å². The van der Waals surface area contributed by atoms with Crippen LogP contribution in [0.25, 0.3) is 11.0 Å². The van der Waals surface area contributed by atoms with Crippen molar-refractivity contribution >= 4 is 16.8 Å². The molecule has 18 heavy (non-hydrogen) atoms. The van der Waals surface area contributed by atoms with Crippen molar-refractivity contribution in [2.45, 2.75) is 6.42 Å². The molecule has 1 aromatic carbocycles. The molecule has 6 nitrogen and oxygen atoms in total. The summed E-state index contributed by atoms with van der Waals surface area (Å²) in [4.78, 5) is 13.3. The fourth-order valence-corrected chi connectivity index (χ4v) is 1.74. The number of para-hydroxylation sites is 1. The summed E-state index contributed by atoms with van der Waals surface area (Å²) in [6.45, 7) is 0. The summed E-state index contributed by atoms with van der Waals surface area (Å²) in [5.74, 6) is 0.561. The zero-order chi connectivity index (χ0) is 12.5. The van der Waals surface area contributed by atoms with Crippen molar-refractivity contribution in [3.8, 4) is 0 Å². The number of hydrogen-bond donors (Lipinski definition) is 0. The third-order valence-electron chi connectivity index (χ3n) is 2.57. The molecule has 0 aliphatic carbocycles. The standard InChI is InChI=1S/C12H10N4O2/c1-16-14-12(13-15-16)7-9(17)11-6-8-4-2-3-5-10(8)18-11/h2-6H,7H2,1H3. The Bertz CT molecular complexity index is 681. The smallest absolute Gasteiger partial charge is 0.205 e. The van der Waals surface area contributed by atoms with Gasteiger partial charge in [0.2, 0.25) is 5.78 Å². The van der Waals surface area contributed by atoms with E-state index in [1.807, 2.05) is 24.3 Å². The molecule has 0 atom stereocenters. The Morgan fingerprint density at radius 2 is 2.22 bits per heavy atom. The summed E-state index contributed by atoms with van der Waals surface area (Å²) in [5.41, 5.74) is 0.702. The predicted molar refractivity (Wildman–Crippen MR) is 63.0 cm³/mol. The molecule has 2 heterocycles. The number of hydrogen-bond acceptors (Lipinski definition) is 5. The van der Waals surface area contributed by atoms with Crippen LogP contribution in [0.5, 0.6) is 0 Å². The Morgan fingerprint density at radius 1 is 1.39 bits per heavy atom. The Balaban J connectivity index is 1.87. The highest BCUT2D eigenvalue weighted by Crippen LogP contribution is 2.19. The van der Waals surface area contributed by atoms with E-state index in [4.69, 9.17) is 4.42 Å². The molecule has 0 aliphatic heterocycles. The van der Waals surface area contributed by atoms with Crippen LogP contribution in [0, 0.1) is 0 Å². The Kier molecular flexibility index (Phi) is 2.40. The van der Waals surface area contributed by atoms with E-state index in [2.05, 4.69) is 15.4 Å². The van der Waals surface area contributed by atoms with Gasteiger partial charge in [0, 0.05) is 5.39 Å². The summed E-state index contributed by atoms with van der Waals surface area (Å²) >= 11 is 0. The summed E-state index contributed by atoms with van der Waals surface area (Å²) in [6.07, 6.45) is 0.0909. The molecular formula is C12H10N4O2. The van der Waals surface area contributed by atoms with Gasteiger partial charge < -0.3 is 4.42 Å². The van der Waals surface area contributed by atoms with E-state index < -0.39 is 0 Å². The van der Waals surface area contributed by atoms with Gasteiger partial charge in [-0.1, -0.05) is 18.2 Å². The van der Waals surface area contributed by atoms with Gasteiger partial charge in [-0.25, -0.2) is 0 Å². The van der Waals surface area contributed by atoms with Crippen molar-refractivity contribution in [3.63, 3.8) is 0 Å². The lowest BCUT2D eigenvalue weighted by Gasteiger charge is -1.91. The van der Waals surface area contributed by atoms with Crippen LogP contribution >= 0.6 is 0 Å². The lowest BCUT2D eigenvalue weighted by Crippen LogP contribution is -2.04. The number of rotatable bonds is 3. The van der Waals surface area contributed by atoms with Crippen molar-refractivity contribution in [2.75, 3.05) is 0 Å². The van der Waals surface area contributed by atoms with Gasteiger partial charge in [0.15, 0.2) is 11.6 Å². The average molecular weight is 242 g/mol. The fourth-order valence-electron chi connectivity index (χ4n) is 1.74. The molecule has 90 valence electrons. The summed E-state index contributed by atoms with van der Waals surface area (Å²) in [6, 6.07) is 9.22. The SMILES string of the molecule is Cn1nnc(CC(=O)c2cc3ccccc3o2)n1. The van der Waals surface area contributed by atoms with Gasteiger partial charge in [-0.05, 0) is 17.3 Å². The first-order valence-corrected chi connectivity index (χ1v) is 5.47. The number of fused-ring (bicyclic) bond motifs is 1. The van der Waals surface area contributed by atoms with E-state index in [9.17, 15) is 4.79 Å². The molecule has 0 N–H and O–H groups in total. The van der Waals surface area contributed by atoms with E-state index >= 15 is 0 Å². The third-order valence-corrected chi connectivity index (χ3v) is 2.57. The monoisotopic (exact) mass is 242 g/mol. The van der Waals surface area contributed by atoms with Gasteiger partial charge in [-0.15, -0.1) is 10.2 Å². The van der Waals surface area contributed by atoms with Crippen LogP contribution < -0.4 is 0 Å². The minimum atomic E-state index is -0.154. The molecule has 2 aromatic heterocycles. The molecule has 0 unspecified atom stereocenters. The van der Waals surface area contributed by atoms with Gasteiger partial charge >= 0.3 is 0 Å². The first-order valence-electron chi connectivity index (χ1n) is 5.47. The number of aromatic nitrogens is 4. The molecule has 0 saturated heterocycles. The van der Waals surface area contributed by atoms with E-state index in [0.29, 0.717) is 17.2 Å². The molecule has 0 aliphatic rings. The second kappa shape index (κ2) is 4.06. The fraction of sp³-hybridized carbons (Fsp3) is 0.167.